The summed E-state index contributed by atoms with van der Waals surface area (Å²) in [4.78, 5) is 0. The minimum absolute atomic E-state index is 0.0840. The Morgan fingerprint density at radius 1 is 1.31 bits per heavy atom. The summed E-state index contributed by atoms with van der Waals surface area (Å²) < 4.78 is 37.4. The molecule has 7 nitrogen and oxygen atoms in total. The average molecular weight is 234 g/mol. The van der Waals surface area contributed by atoms with Crippen LogP contribution < -0.4 is 0 Å². The van der Waals surface area contributed by atoms with Crippen LogP contribution in [0.4, 0.5) is 0 Å². The van der Waals surface area contributed by atoms with Crippen LogP contribution in [0, 0.1) is 0 Å². The number of ether oxygens (including phenoxy) is 1. The highest BCUT2D eigenvalue weighted by molar-refractivity contribution is 7.94. The van der Waals surface area contributed by atoms with Crippen molar-refractivity contribution in [2.24, 2.45) is 0 Å². The molecular formula is C4H10O7S2. The molecule has 0 aromatic heterocycles. The topological polar surface area (TPSA) is 102 Å². The molecule has 9 heteroatoms. The third-order valence-electron chi connectivity index (χ3n) is 0.875. The van der Waals surface area contributed by atoms with Crippen LogP contribution in [0.25, 0.3) is 0 Å². The van der Waals surface area contributed by atoms with Crippen molar-refractivity contribution < 1.29 is 32.3 Å². The lowest BCUT2D eigenvalue weighted by Crippen LogP contribution is -2.11. The zero-order chi connectivity index (χ0) is 10.2. The lowest BCUT2D eigenvalue weighted by Gasteiger charge is -2.00. The maximum absolute atomic E-state index is 10.2. The van der Waals surface area contributed by atoms with E-state index in [4.69, 9.17) is 14.5 Å². The van der Waals surface area contributed by atoms with Crippen molar-refractivity contribution in [3.05, 3.63) is 0 Å². The van der Waals surface area contributed by atoms with E-state index in [1.165, 1.54) is 0 Å². The molecule has 0 aliphatic heterocycles. The second kappa shape index (κ2) is 7.50. The van der Waals surface area contributed by atoms with Crippen LogP contribution in [0.15, 0.2) is 0 Å². The highest BCUT2D eigenvalue weighted by Crippen LogP contribution is 2.00. The average Bonchev–Trinajstić information content (AvgIpc) is 2.01. The molecule has 0 saturated heterocycles. The molecule has 0 bridgehead atoms. The Bertz CT molecular complexity index is 201. The number of rotatable bonds is 8. The largest absolute Gasteiger partial charge is 0.379 e. The predicted molar refractivity (Wildman–Crippen MR) is 44.5 cm³/mol. The second-order valence-corrected chi connectivity index (χ2v) is 4.22. The lowest BCUT2D eigenvalue weighted by molar-refractivity contribution is -0.432. The molecule has 0 spiro atoms. The van der Waals surface area contributed by atoms with Gasteiger partial charge in [-0.05, 0) is 0 Å². The van der Waals surface area contributed by atoms with Crippen molar-refractivity contribution in [1.82, 2.24) is 0 Å². The van der Waals surface area contributed by atoms with Gasteiger partial charge in [-0.2, -0.15) is 8.42 Å². The molecule has 0 unspecified atom stereocenters. The van der Waals surface area contributed by atoms with E-state index in [9.17, 15) is 8.42 Å². The maximum Gasteiger partial charge on any atom is 0.267 e. The van der Waals surface area contributed by atoms with E-state index >= 15 is 0 Å². The van der Waals surface area contributed by atoms with Gasteiger partial charge in [0.15, 0.2) is 0 Å². The van der Waals surface area contributed by atoms with E-state index in [2.05, 4.69) is 9.37 Å². The normalized spacial score (nSPS) is 11.8. The maximum atomic E-state index is 10.2. The van der Waals surface area contributed by atoms with Crippen molar-refractivity contribution in [2.75, 3.05) is 24.7 Å². The highest BCUT2D eigenvalue weighted by Gasteiger charge is 2.03. The Morgan fingerprint density at radius 3 is 2.54 bits per heavy atom. The molecule has 0 aromatic carbocycles. The summed E-state index contributed by atoms with van der Waals surface area (Å²) in [6, 6.07) is 0. The predicted octanol–water partition coefficient (Wildman–Crippen LogP) is -0.0398. The standard InChI is InChI=1S/C4H10O7S2/c5-10-11-12-3-1-9-2-4-13(6,7)8/h5H,1-4H2,(H,6,7,8). The Balaban J connectivity index is 3.09. The first-order valence-electron chi connectivity index (χ1n) is 3.19. The summed E-state index contributed by atoms with van der Waals surface area (Å²) in [5.41, 5.74) is 0. The summed E-state index contributed by atoms with van der Waals surface area (Å²) in [5, 5.41) is 11.0. The molecular weight excluding hydrogens is 224 g/mol. The van der Waals surface area contributed by atoms with Crippen molar-refractivity contribution in [1.29, 1.82) is 0 Å². The van der Waals surface area contributed by atoms with Crippen molar-refractivity contribution in [3.63, 3.8) is 0 Å². The fraction of sp³-hybridized carbons (Fsp3) is 1.00. The molecule has 0 aliphatic rings. The van der Waals surface area contributed by atoms with Crippen LogP contribution >= 0.6 is 12.0 Å². The highest BCUT2D eigenvalue weighted by atomic mass is 32.2. The molecule has 2 N–H and O–H groups in total. The molecule has 0 atom stereocenters. The van der Waals surface area contributed by atoms with Gasteiger partial charge >= 0.3 is 0 Å². The number of hydrogen-bond donors (Lipinski definition) is 2. The van der Waals surface area contributed by atoms with Gasteiger partial charge in [-0.3, -0.25) is 4.55 Å². The van der Waals surface area contributed by atoms with E-state index in [0.717, 1.165) is 12.0 Å². The molecule has 0 radical (unpaired) electrons. The van der Waals surface area contributed by atoms with E-state index in [0.29, 0.717) is 5.75 Å². The Morgan fingerprint density at radius 2 is 2.00 bits per heavy atom. The van der Waals surface area contributed by atoms with Gasteiger partial charge in [0.25, 0.3) is 10.1 Å². The summed E-state index contributed by atoms with van der Waals surface area (Å²) in [7, 11) is -3.95. The first-order valence-corrected chi connectivity index (χ1v) is 5.71. The van der Waals surface area contributed by atoms with Gasteiger partial charge in [-0.25, -0.2) is 5.26 Å². The van der Waals surface area contributed by atoms with Gasteiger partial charge in [-0.1, -0.05) is 5.04 Å². The van der Waals surface area contributed by atoms with Crippen molar-refractivity contribution >= 4 is 22.2 Å². The zero-order valence-corrected chi connectivity index (χ0v) is 8.21. The van der Waals surface area contributed by atoms with Crippen LogP contribution in [0.5, 0.6) is 0 Å². The molecule has 0 heterocycles. The summed E-state index contributed by atoms with van der Waals surface area (Å²) in [6.07, 6.45) is 0. The zero-order valence-electron chi connectivity index (χ0n) is 6.58. The fourth-order valence-corrected chi connectivity index (χ4v) is 1.04. The fourth-order valence-electron chi connectivity index (χ4n) is 0.415. The third kappa shape index (κ3) is 12.1. The minimum atomic E-state index is -3.95. The van der Waals surface area contributed by atoms with Crippen molar-refractivity contribution in [2.45, 2.75) is 0 Å². The molecule has 13 heavy (non-hydrogen) atoms. The molecule has 0 aromatic rings. The van der Waals surface area contributed by atoms with Gasteiger partial charge in [0.05, 0.1) is 19.0 Å². The first-order chi connectivity index (χ1) is 6.06. The van der Waals surface area contributed by atoms with Gasteiger partial charge in [0.2, 0.25) is 0 Å². The lowest BCUT2D eigenvalue weighted by atomic mass is 10.8. The Kier molecular flexibility index (Phi) is 7.56. The SMILES string of the molecule is O=S(=O)(O)CCOCCSOOO. The molecule has 0 amide bonds. The van der Waals surface area contributed by atoms with Gasteiger partial charge in [0, 0.05) is 17.8 Å². The third-order valence-corrected chi connectivity index (χ3v) is 2.05. The molecule has 0 aliphatic carbocycles. The summed E-state index contributed by atoms with van der Waals surface area (Å²) in [5.74, 6) is -0.0684. The smallest absolute Gasteiger partial charge is 0.267 e. The molecule has 0 saturated carbocycles. The van der Waals surface area contributed by atoms with Crippen LogP contribution in [0.2, 0.25) is 0 Å². The van der Waals surface area contributed by atoms with Gasteiger partial charge in [-0.15, -0.1) is 4.33 Å². The van der Waals surface area contributed by atoms with E-state index in [1.807, 2.05) is 0 Å². The van der Waals surface area contributed by atoms with E-state index in [-0.39, 0.29) is 13.2 Å². The van der Waals surface area contributed by atoms with E-state index in [1.54, 1.807) is 0 Å². The van der Waals surface area contributed by atoms with Crippen LogP contribution in [0.3, 0.4) is 0 Å². The summed E-state index contributed by atoms with van der Waals surface area (Å²) in [6.45, 7) is 0.142. The van der Waals surface area contributed by atoms with Crippen molar-refractivity contribution in [3.8, 4) is 0 Å². The van der Waals surface area contributed by atoms with Crippen LogP contribution in [-0.4, -0.2) is 42.9 Å². The molecule has 0 fully saturated rings. The van der Waals surface area contributed by atoms with Crippen LogP contribution in [-0.2, 0) is 24.2 Å². The molecule has 80 valence electrons. The first kappa shape index (κ1) is 13.1. The number of hydrogen-bond acceptors (Lipinski definition) is 7. The van der Waals surface area contributed by atoms with E-state index < -0.39 is 15.9 Å². The van der Waals surface area contributed by atoms with Gasteiger partial charge in [0.1, 0.15) is 0 Å². The Hall–Kier alpha value is 0.1000. The Labute approximate surface area is 79.8 Å². The molecule has 0 rings (SSSR count). The quantitative estimate of drug-likeness (QED) is 0.198. The minimum Gasteiger partial charge on any atom is -0.379 e. The van der Waals surface area contributed by atoms with Gasteiger partial charge < -0.3 is 4.74 Å². The second-order valence-electron chi connectivity index (χ2n) is 1.86. The summed E-state index contributed by atoms with van der Waals surface area (Å²) >= 11 is 0.802. The van der Waals surface area contributed by atoms with Crippen LogP contribution in [0.1, 0.15) is 0 Å². The monoisotopic (exact) mass is 234 g/mol.